The lowest BCUT2D eigenvalue weighted by atomic mass is 10.1. The number of carbonyl (C=O) groups excluding carboxylic acids is 1. The van der Waals surface area contributed by atoms with Crippen LogP contribution in [0.5, 0.6) is 0 Å². The van der Waals surface area contributed by atoms with Gasteiger partial charge in [-0.2, -0.15) is 0 Å². The Morgan fingerprint density at radius 3 is 2.48 bits per heavy atom. The van der Waals surface area contributed by atoms with E-state index in [0.717, 1.165) is 28.3 Å². The highest BCUT2D eigenvalue weighted by Crippen LogP contribution is 2.21. The molecule has 0 fully saturated rings. The number of ketones is 1. The third-order valence-corrected chi connectivity index (χ3v) is 4.16. The maximum Gasteiger partial charge on any atom is 0.159 e. The van der Waals surface area contributed by atoms with Crippen LogP contribution in [0.25, 0.3) is 5.69 Å². The van der Waals surface area contributed by atoms with Crippen LogP contribution in [0.4, 0.5) is 10.1 Å². The molecule has 1 heterocycles. The van der Waals surface area contributed by atoms with Crippen molar-refractivity contribution in [3.63, 3.8) is 0 Å². The maximum atomic E-state index is 13.2. The Kier molecular flexibility index (Phi) is 4.61. The SMILES string of the molecule is CC(=O)c1cccc(N=Cc2cc(C)n(-c3ccc(F)cc3)c2C)c1. The number of hydrogen-bond donors (Lipinski definition) is 0. The van der Waals surface area contributed by atoms with E-state index in [1.165, 1.54) is 12.1 Å². The number of hydrogen-bond acceptors (Lipinski definition) is 2. The van der Waals surface area contributed by atoms with Gasteiger partial charge in [-0.25, -0.2) is 4.39 Å². The minimum Gasteiger partial charge on any atom is -0.318 e. The minimum atomic E-state index is -0.252. The van der Waals surface area contributed by atoms with Gasteiger partial charge in [-0.1, -0.05) is 12.1 Å². The zero-order chi connectivity index (χ0) is 18.0. The summed E-state index contributed by atoms with van der Waals surface area (Å²) in [6.45, 7) is 5.55. The fraction of sp³-hybridized carbons (Fsp3) is 0.143. The molecule has 0 amide bonds. The van der Waals surface area contributed by atoms with Gasteiger partial charge in [-0.05, 0) is 63.2 Å². The largest absolute Gasteiger partial charge is 0.318 e. The number of halogens is 1. The zero-order valence-electron chi connectivity index (χ0n) is 14.5. The van der Waals surface area contributed by atoms with E-state index in [0.29, 0.717) is 5.56 Å². The van der Waals surface area contributed by atoms with Crippen LogP contribution in [0.1, 0.15) is 34.2 Å². The predicted octanol–water partition coefficient (Wildman–Crippen LogP) is 5.19. The van der Waals surface area contributed by atoms with E-state index in [4.69, 9.17) is 0 Å². The highest BCUT2D eigenvalue weighted by Gasteiger charge is 2.09. The first kappa shape index (κ1) is 16.8. The highest BCUT2D eigenvalue weighted by molar-refractivity contribution is 5.95. The third kappa shape index (κ3) is 3.58. The molecule has 0 aliphatic carbocycles. The van der Waals surface area contributed by atoms with Gasteiger partial charge in [0.25, 0.3) is 0 Å². The second kappa shape index (κ2) is 6.85. The molecule has 3 nitrogen and oxygen atoms in total. The zero-order valence-corrected chi connectivity index (χ0v) is 14.5. The number of aryl methyl sites for hydroxylation is 1. The summed E-state index contributed by atoms with van der Waals surface area (Å²) in [6, 6.07) is 15.7. The van der Waals surface area contributed by atoms with Crippen LogP contribution in [0.15, 0.2) is 59.6 Å². The summed E-state index contributed by atoms with van der Waals surface area (Å²) in [6.07, 6.45) is 1.79. The molecule has 2 aromatic carbocycles. The molecule has 0 spiro atoms. The molecule has 3 rings (SSSR count). The molecular formula is C21H19FN2O. The predicted molar refractivity (Wildman–Crippen MR) is 98.9 cm³/mol. The molecule has 4 heteroatoms. The number of aliphatic imine (C=N–C) groups is 1. The van der Waals surface area contributed by atoms with Gasteiger partial charge in [0.2, 0.25) is 0 Å². The van der Waals surface area contributed by atoms with E-state index in [2.05, 4.69) is 9.56 Å². The van der Waals surface area contributed by atoms with Crippen molar-refractivity contribution in [2.75, 3.05) is 0 Å². The van der Waals surface area contributed by atoms with Gasteiger partial charge >= 0.3 is 0 Å². The summed E-state index contributed by atoms with van der Waals surface area (Å²) in [4.78, 5) is 16.0. The van der Waals surface area contributed by atoms with Gasteiger partial charge < -0.3 is 4.57 Å². The van der Waals surface area contributed by atoms with Crippen molar-refractivity contribution in [3.05, 3.63) is 82.9 Å². The summed E-state index contributed by atoms with van der Waals surface area (Å²) in [5, 5.41) is 0. The van der Waals surface area contributed by atoms with Crippen LogP contribution in [0.2, 0.25) is 0 Å². The van der Waals surface area contributed by atoms with Gasteiger partial charge in [0, 0.05) is 34.4 Å². The fourth-order valence-electron chi connectivity index (χ4n) is 2.86. The van der Waals surface area contributed by atoms with Crippen LogP contribution in [0.3, 0.4) is 0 Å². The number of nitrogens with zero attached hydrogens (tertiary/aromatic N) is 2. The Morgan fingerprint density at radius 2 is 1.80 bits per heavy atom. The molecule has 0 aliphatic rings. The average Bonchev–Trinajstić information content (AvgIpc) is 2.88. The van der Waals surface area contributed by atoms with E-state index in [9.17, 15) is 9.18 Å². The summed E-state index contributed by atoms with van der Waals surface area (Å²) in [5.74, 6) is -0.232. The lowest BCUT2D eigenvalue weighted by molar-refractivity contribution is 0.101. The second-order valence-electron chi connectivity index (χ2n) is 6.00. The number of Topliss-reactive ketones (excluding diaryl/α,β-unsaturated/α-hetero) is 1. The monoisotopic (exact) mass is 334 g/mol. The van der Waals surface area contributed by atoms with E-state index < -0.39 is 0 Å². The van der Waals surface area contributed by atoms with Crippen molar-refractivity contribution < 1.29 is 9.18 Å². The molecule has 0 saturated heterocycles. The Bertz CT molecular complexity index is 953. The quantitative estimate of drug-likeness (QED) is 0.478. The highest BCUT2D eigenvalue weighted by atomic mass is 19.1. The van der Waals surface area contributed by atoms with Crippen LogP contribution in [0, 0.1) is 19.7 Å². The number of benzene rings is 2. The van der Waals surface area contributed by atoms with Crippen molar-refractivity contribution in [3.8, 4) is 5.69 Å². The first-order valence-corrected chi connectivity index (χ1v) is 8.05. The van der Waals surface area contributed by atoms with Gasteiger partial charge in [-0.3, -0.25) is 9.79 Å². The summed E-state index contributed by atoms with van der Waals surface area (Å²) < 4.78 is 15.2. The summed E-state index contributed by atoms with van der Waals surface area (Å²) in [5.41, 5.74) is 5.34. The van der Waals surface area contributed by atoms with Crippen molar-refractivity contribution in [2.45, 2.75) is 20.8 Å². The van der Waals surface area contributed by atoms with E-state index in [1.54, 1.807) is 37.4 Å². The third-order valence-electron chi connectivity index (χ3n) is 4.16. The smallest absolute Gasteiger partial charge is 0.159 e. The molecule has 0 atom stereocenters. The molecular weight excluding hydrogens is 315 g/mol. The van der Waals surface area contributed by atoms with Crippen LogP contribution in [-0.4, -0.2) is 16.6 Å². The molecule has 0 unspecified atom stereocenters. The Hall–Kier alpha value is -3.01. The van der Waals surface area contributed by atoms with Crippen LogP contribution in [-0.2, 0) is 0 Å². The molecule has 0 radical (unpaired) electrons. The van der Waals surface area contributed by atoms with Crippen molar-refractivity contribution in [2.24, 2.45) is 4.99 Å². The average molecular weight is 334 g/mol. The van der Waals surface area contributed by atoms with E-state index in [-0.39, 0.29) is 11.6 Å². The molecule has 0 aliphatic heterocycles. The molecule has 0 saturated carbocycles. The van der Waals surface area contributed by atoms with E-state index >= 15 is 0 Å². The Labute approximate surface area is 146 Å². The standard InChI is InChI=1S/C21H19FN2O/c1-14-11-18(13-23-20-6-4-5-17(12-20)16(3)25)15(2)24(14)21-9-7-19(22)8-10-21/h4-13H,1-3H3. The summed E-state index contributed by atoms with van der Waals surface area (Å²) in [7, 11) is 0. The Balaban J connectivity index is 1.94. The lowest BCUT2D eigenvalue weighted by Gasteiger charge is -2.09. The van der Waals surface area contributed by atoms with Crippen molar-refractivity contribution in [1.29, 1.82) is 0 Å². The van der Waals surface area contributed by atoms with Crippen LogP contribution < -0.4 is 0 Å². The number of carbonyl (C=O) groups is 1. The van der Waals surface area contributed by atoms with Gasteiger partial charge in [0.05, 0.1) is 5.69 Å². The van der Waals surface area contributed by atoms with Crippen LogP contribution >= 0.6 is 0 Å². The molecule has 25 heavy (non-hydrogen) atoms. The van der Waals surface area contributed by atoms with Crippen molar-refractivity contribution >= 4 is 17.7 Å². The van der Waals surface area contributed by atoms with Gasteiger partial charge in [0.15, 0.2) is 5.78 Å². The Morgan fingerprint density at radius 1 is 1.08 bits per heavy atom. The maximum absolute atomic E-state index is 13.2. The minimum absolute atomic E-state index is 0.0199. The molecule has 0 N–H and O–H groups in total. The van der Waals surface area contributed by atoms with Crippen molar-refractivity contribution in [1.82, 2.24) is 4.57 Å². The fourth-order valence-corrected chi connectivity index (χ4v) is 2.86. The molecule has 126 valence electrons. The number of rotatable bonds is 4. The number of aromatic nitrogens is 1. The second-order valence-corrected chi connectivity index (χ2v) is 6.00. The lowest BCUT2D eigenvalue weighted by Crippen LogP contribution is -1.99. The van der Waals surface area contributed by atoms with E-state index in [1.807, 2.05) is 32.0 Å². The topological polar surface area (TPSA) is 34.4 Å². The normalized spacial score (nSPS) is 11.2. The van der Waals surface area contributed by atoms with Gasteiger partial charge in [0.1, 0.15) is 5.82 Å². The van der Waals surface area contributed by atoms with Gasteiger partial charge in [-0.15, -0.1) is 0 Å². The first-order chi connectivity index (χ1) is 12.0. The summed E-state index contributed by atoms with van der Waals surface area (Å²) >= 11 is 0. The first-order valence-electron chi connectivity index (χ1n) is 8.05. The molecule has 0 bridgehead atoms. The molecule has 3 aromatic rings. The molecule has 1 aromatic heterocycles.